The smallest absolute Gasteiger partial charge is 0.317 e. The van der Waals surface area contributed by atoms with Crippen LogP contribution in [0.1, 0.15) is 5.56 Å². The van der Waals surface area contributed by atoms with Gasteiger partial charge in [-0.25, -0.2) is 0 Å². The summed E-state index contributed by atoms with van der Waals surface area (Å²) in [5, 5.41) is 21.7. The van der Waals surface area contributed by atoms with Gasteiger partial charge in [0.15, 0.2) is 5.75 Å². The van der Waals surface area contributed by atoms with Crippen LogP contribution in [0.25, 0.3) is 0 Å². The second-order valence-electron chi connectivity index (χ2n) is 4.17. The molecule has 0 aromatic heterocycles. The molecule has 0 bridgehead atoms. The van der Waals surface area contributed by atoms with Crippen LogP contribution in [-0.2, 0) is 6.61 Å². The summed E-state index contributed by atoms with van der Waals surface area (Å²) in [5.41, 5.74) is 5.13. The van der Waals surface area contributed by atoms with Gasteiger partial charge in [-0.2, -0.15) is 0 Å². The Hall–Kier alpha value is -3.16. The molecule has 2 aromatic rings. The van der Waals surface area contributed by atoms with E-state index in [1.54, 1.807) is 24.3 Å². The second-order valence-corrected chi connectivity index (χ2v) is 4.17. The zero-order valence-corrected chi connectivity index (χ0v) is 10.8. The van der Waals surface area contributed by atoms with Crippen molar-refractivity contribution in [3.63, 3.8) is 0 Å². The van der Waals surface area contributed by atoms with Gasteiger partial charge in [0.25, 0.3) is 5.69 Å². The third-order valence-electron chi connectivity index (χ3n) is 2.74. The minimum Gasteiger partial charge on any atom is -0.482 e. The van der Waals surface area contributed by atoms with Gasteiger partial charge >= 0.3 is 5.69 Å². The Labute approximate surface area is 119 Å². The van der Waals surface area contributed by atoms with Crippen molar-refractivity contribution in [2.75, 3.05) is 5.73 Å². The van der Waals surface area contributed by atoms with Crippen LogP contribution >= 0.6 is 0 Å². The van der Waals surface area contributed by atoms with E-state index in [-0.39, 0.29) is 18.0 Å². The van der Waals surface area contributed by atoms with Gasteiger partial charge in [-0.1, -0.05) is 30.3 Å². The quantitative estimate of drug-likeness (QED) is 0.513. The van der Waals surface area contributed by atoms with E-state index in [0.717, 1.165) is 17.7 Å². The number of hydrogen-bond acceptors (Lipinski definition) is 6. The molecule has 0 spiro atoms. The summed E-state index contributed by atoms with van der Waals surface area (Å²) >= 11 is 0. The molecule has 0 atom stereocenters. The van der Waals surface area contributed by atoms with Crippen LogP contribution < -0.4 is 10.5 Å². The number of ether oxygens (including phenoxy) is 1. The Morgan fingerprint density at radius 1 is 1.00 bits per heavy atom. The highest BCUT2D eigenvalue weighted by atomic mass is 16.6. The van der Waals surface area contributed by atoms with Crippen molar-refractivity contribution in [3.05, 3.63) is 68.3 Å². The maximum Gasteiger partial charge on any atom is 0.317 e. The normalized spacial score (nSPS) is 10.1. The van der Waals surface area contributed by atoms with E-state index in [2.05, 4.69) is 0 Å². The fourth-order valence-corrected chi connectivity index (χ4v) is 1.72. The maximum atomic E-state index is 11.0. The van der Waals surface area contributed by atoms with E-state index >= 15 is 0 Å². The van der Waals surface area contributed by atoms with Gasteiger partial charge in [0.2, 0.25) is 0 Å². The molecule has 2 N–H and O–H groups in total. The van der Waals surface area contributed by atoms with Gasteiger partial charge in [0, 0.05) is 6.07 Å². The fraction of sp³-hybridized carbons (Fsp3) is 0.0769. The first kappa shape index (κ1) is 14.3. The summed E-state index contributed by atoms with van der Waals surface area (Å²) in [5.74, 6) is -0.105. The predicted molar refractivity (Wildman–Crippen MR) is 74.9 cm³/mol. The molecule has 0 aliphatic rings. The molecule has 108 valence electrons. The summed E-state index contributed by atoms with van der Waals surface area (Å²) < 4.78 is 5.36. The van der Waals surface area contributed by atoms with Crippen molar-refractivity contribution < 1.29 is 14.6 Å². The Bertz CT molecular complexity index is 688. The largest absolute Gasteiger partial charge is 0.482 e. The molecule has 0 saturated heterocycles. The molecule has 0 saturated carbocycles. The van der Waals surface area contributed by atoms with Crippen LogP contribution in [0.2, 0.25) is 0 Å². The summed E-state index contributed by atoms with van der Waals surface area (Å²) in [6, 6.07) is 10.9. The molecule has 8 heteroatoms. The highest BCUT2D eigenvalue weighted by Gasteiger charge is 2.24. The number of nitrogens with two attached hydrogens (primary N) is 1. The lowest BCUT2D eigenvalue weighted by atomic mass is 10.2. The third-order valence-corrected chi connectivity index (χ3v) is 2.74. The monoisotopic (exact) mass is 289 g/mol. The summed E-state index contributed by atoms with van der Waals surface area (Å²) in [7, 11) is 0. The number of hydrogen-bond donors (Lipinski definition) is 1. The Kier molecular flexibility index (Phi) is 3.98. The highest BCUT2D eigenvalue weighted by Crippen LogP contribution is 2.36. The van der Waals surface area contributed by atoms with Crippen molar-refractivity contribution in [1.82, 2.24) is 0 Å². The molecule has 2 rings (SSSR count). The lowest BCUT2D eigenvalue weighted by Gasteiger charge is -2.08. The van der Waals surface area contributed by atoms with Crippen molar-refractivity contribution in [2.24, 2.45) is 0 Å². The number of nitrogen functional groups attached to an aromatic ring is 1. The fourth-order valence-electron chi connectivity index (χ4n) is 1.72. The SMILES string of the molecule is Nc1cc(OCc2ccccc2)c([N+](=O)[O-])cc1[N+](=O)[O-]. The van der Waals surface area contributed by atoms with Gasteiger partial charge in [0.05, 0.1) is 15.9 Å². The van der Waals surface area contributed by atoms with Crippen LogP contribution in [0.3, 0.4) is 0 Å². The lowest BCUT2D eigenvalue weighted by Crippen LogP contribution is -2.02. The Morgan fingerprint density at radius 3 is 2.19 bits per heavy atom. The number of anilines is 1. The minimum atomic E-state index is -0.774. The molecular weight excluding hydrogens is 278 g/mol. The number of nitro benzene ring substituents is 2. The van der Waals surface area contributed by atoms with Crippen molar-refractivity contribution in [2.45, 2.75) is 6.61 Å². The summed E-state index contributed by atoms with van der Waals surface area (Å²) in [4.78, 5) is 20.2. The van der Waals surface area contributed by atoms with Crippen molar-refractivity contribution in [3.8, 4) is 5.75 Å². The van der Waals surface area contributed by atoms with E-state index in [4.69, 9.17) is 10.5 Å². The molecule has 0 aliphatic heterocycles. The topological polar surface area (TPSA) is 122 Å². The minimum absolute atomic E-state index is 0.0962. The Balaban J connectivity index is 2.32. The van der Waals surface area contributed by atoms with E-state index in [9.17, 15) is 20.2 Å². The van der Waals surface area contributed by atoms with E-state index < -0.39 is 21.2 Å². The number of nitro groups is 2. The van der Waals surface area contributed by atoms with Gasteiger partial charge in [-0.15, -0.1) is 0 Å². The van der Waals surface area contributed by atoms with Gasteiger partial charge in [-0.05, 0) is 5.56 Å². The number of benzene rings is 2. The number of nitrogens with zero attached hydrogens (tertiary/aromatic N) is 2. The lowest BCUT2D eigenvalue weighted by molar-refractivity contribution is -0.394. The van der Waals surface area contributed by atoms with Crippen molar-refractivity contribution >= 4 is 17.1 Å². The molecule has 0 unspecified atom stereocenters. The first-order valence-electron chi connectivity index (χ1n) is 5.88. The molecule has 0 amide bonds. The van der Waals surface area contributed by atoms with E-state index in [0.29, 0.717) is 0 Å². The highest BCUT2D eigenvalue weighted by molar-refractivity contribution is 5.68. The predicted octanol–water partition coefficient (Wildman–Crippen LogP) is 2.66. The second kappa shape index (κ2) is 5.87. The summed E-state index contributed by atoms with van der Waals surface area (Å²) in [6.45, 7) is 0.0962. The van der Waals surface area contributed by atoms with Gasteiger partial charge in [0.1, 0.15) is 12.3 Å². The van der Waals surface area contributed by atoms with Crippen LogP contribution in [0.5, 0.6) is 5.75 Å². The summed E-state index contributed by atoms with van der Waals surface area (Å²) in [6.07, 6.45) is 0. The van der Waals surface area contributed by atoms with Crippen LogP contribution in [0, 0.1) is 20.2 Å². The zero-order chi connectivity index (χ0) is 15.4. The average Bonchev–Trinajstić information content (AvgIpc) is 2.45. The zero-order valence-electron chi connectivity index (χ0n) is 10.8. The molecule has 0 fully saturated rings. The van der Waals surface area contributed by atoms with Crippen LogP contribution in [-0.4, -0.2) is 9.85 Å². The maximum absolute atomic E-state index is 11.0. The molecule has 8 nitrogen and oxygen atoms in total. The van der Waals surface area contributed by atoms with Crippen LogP contribution in [0.4, 0.5) is 17.1 Å². The van der Waals surface area contributed by atoms with Gasteiger partial charge < -0.3 is 10.5 Å². The third kappa shape index (κ3) is 3.24. The van der Waals surface area contributed by atoms with Gasteiger partial charge in [-0.3, -0.25) is 20.2 Å². The van der Waals surface area contributed by atoms with Crippen molar-refractivity contribution in [1.29, 1.82) is 0 Å². The molecule has 21 heavy (non-hydrogen) atoms. The molecule has 0 radical (unpaired) electrons. The number of rotatable bonds is 5. The van der Waals surface area contributed by atoms with E-state index in [1.165, 1.54) is 0 Å². The molecule has 0 aliphatic carbocycles. The van der Waals surface area contributed by atoms with Crippen LogP contribution in [0.15, 0.2) is 42.5 Å². The molecular formula is C13H11N3O5. The molecule has 2 aromatic carbocycles. The van der Waals surface area contributed by atoms with E-state index in [1.807, 2.05) is 6.07 Å². The first-order valence-corrected chi connectivity index (χ1v) is 5.88. The average molecular weight is 289 g/mol. The molecule has 0 heterocycles. The standard InChI is InChI=1S/C13H11N3O5/c14-10-6-13(21-8-9-4-2-1-3-5-9)12(16(19)20)7-11(10)15(17)18/h1-7H,8,14H2. The Morgan fingerprint density at radius 2 is 1.62 bits per heavy atom. The first-order chi connectivity index (χ1) is 9.99.